The zero-order chi connectivity index (χ0) is 25.9. The number of nitrogens with zero attached hydrogens (tertiary/aromatic N) is 6. The van der Waals surface area contributed by atoms with Crippen LogP contribution in [0.3, 0.4) is 0 Å². The van der Waals surface area contributed by atoms with Gasteiger partial charge in [-0.1, -0.05) is 24.3 Å². The molecule has 3 aromatic rings. The van der Waals surface area contributed by atoms with Crippen molar-refractivity contribution in [1.29, 1.82) is 5.26 Å². The number of hydrogen-bond acceptors (Lipinski definition) is 7. The Kier molecular flexibility index (Phi) is 6.99. The van der Waals surface area contributed by atoms with Crippen molar-refractivity contribution in [3.8, 4) is 17.3 Å². The molecule has 1 aromatic carbocycles. The summed E-state index contributed by atoms with van der Waals surface area (Å²) in [6.45, 7) is 5.27. The molecule has 190 valence electrons. The van der Waals surface area contributed by atoms with Crippen LogP contribution in [-0.2, 0) is 4.79 Å². The van der Waals surface area contributed by atoms with Crippen molar-refractivity contribution in [2.24, 2.45) is 11.8 Å². The van der Waals surface area contributed by atoms with Gasteiger partial charge in [0.2, 0.25) is 11.9 Å². The monoisotopic (exact) mass is 497 g/mol. The fraction of sp³-hybridized carbons (Fsp3) is 0.429. The summed E-state index contributed by atoms with van der Waals surface area (Å²) in [7, 11) is 0. The maximum Gasteiger partial charge on any atom is 0.227 e. The fourth-order valence-electron chi connectivity index (χ4n) is 4.72. The Morgan fingerprint density at radius 1 is 1.14 bits per heavy atom. The van der Waals surface area contributed by atoms with E-state index in [0.717, 1.165) is 61.3 Å². The molecule has 3 heterocycles. The highest BCUT2D eigenvalue weighted by Gasteiger charge is 2.35. The SMILES string of the molecule is Cc1cnc(Nc2cnn(C3CCN(C(=O)C4CC4)CC3)c2)nc1-c1ccc(C(=O)C[C@@H](C)C#N)cc1. The summed E-state index contributed by atoms with van der Waals surface area (Å²) in [5.41, 5.74) is 3.98. The van der Waals surface area contributed by atoms with Crippen LogP contribution in [0.1, 0.15) is 61.0 Å². The molecule has 1 aliphatic heterocycles. The Labute approximate surface area is 216 Å². The van der Waals surface area contributed by atoms with Gasteiger partial charge in [-0.3, -0.25) is 14.3 Å². The van der Waals surface area contributed by atoms with Gasteiger partial charge >= 0.3 is 0 Å². The molecular weight excluding hydrogens is 466 g/mol. The van der Waals surface area contributed by atoms with Crippen molar-refractivity contribution in [2.45, 2.75) is 52.0 Å². The average Bonchev–Trinajstić information content (AvgIpc) is 3.67. The zero-order valence-electron chi connectivity index (χ0n) is 21.2. The van der Waals surface area contributed by atoms with Gasteiger partial charge in [0, 0.05) is 48.9 Å². The fourth-order valence-corrected chi connectivity index (χ4v) is 4.72. The van der Waals surface area contributed by atoms with Crippen LogP contribution in [0.25, 0.3) is 11.3 Å². The number of rotatable bonds is 8. The van der Waals surface area contributed by atoms with Gasteiger partial charge in [0.25, 0.3) is 0 Å². The normalized spacial score (nSPS) is 16.7. The second-order valence-corrected chi connectivity index (χ2v) is 10.1. The Morgan fingerprint density at radius 2 is 1.86 bits per heavy atom. The molecule has 2 aromatic heterocycles. The second-order valence-electron chi connectivity index (χ2n) is 10.1. The van der Waals surface area contributed by atoms with Crippen molar-refractivity contribution in [1.82, 2.24) is 24.6 Å². The predicted molar refractivity (Wildman–Crippen MR) is 139 cm³/mol. The summed E-state index contributed by atoms with van der Waals surface area (Å²) in [5, 5.41) is 16.8. The number of carbonyl (C=O) groups excluding carboxylic acids is 2. The first-order valence-electron chi connectivity index (χ1n) is 12.9. The maximum absolute atomic E-state index is 12.4. The lowest BCUT2D eigenvalue weighted by Gasteiger charge is -2.32. The lowest BCUT2D eigenvalue weighted by Crippen LogP contribution is -2.39. The molecule has 1 N–H and O–H groups in total. The minimum atomic E-state index is -0.307. The summed E-state index contributed by atoms with van der Waals surface area (Å²) in [6.07, 6.45) is 9.61. The molecule has 0 spiro atoms. The summed E-state index contributed by atoms with van der Waals surface area (Å²) < 4.78 is 1.97. The van der Waals surface area contributed by atoms with Crippen molar-refractivity contribution >= 4 is 23.3 Å². The van der Waals surface area contributed by atoms with Crippen LogP contribution in [0.4, 0.5) is 11.6 Å². The first-order chi connectivity index (χ1) is 17.9. The van der Waals surface area contributed by atoms with Crippen LogP contribution >= 0.6 is 0 Å². The van der Waals surface area contributed by atoms with Crippen LogP contribution in [0.5, 0.6) is 0 Å². The number of hydrogen-bond donors (Lipinski definition) is 1. The second kappa shape index (κ2) is 10.5. The van der Waals surface area contributed by atoms with Crippen LogP contribution < -0.4 is 5.32 Å². The van der Waals surface area contributed by atoms with Crippen molar-refractivity contribution < 1.29 is 9.59 Å². The number of ketones is 1. The van der Waals surface area contributed by atoms with Crippen molar-refractivity contribution in [2.75, 3.05) is 18.4 Å². The van der Waals surface area contributed by atoms with E-state index >= 15 is 0 Å². The van der Waals surface area contributed by atoms with Crippen LogP contribution in [0.2, 0.25) is 0 Å². The molecule has 1 saturated carbocycles. The number of nitrogens with one attached hydrogen (secondary N) is 1. The molecule has 2 fully saturated rings. The Morgan fingerprint density at radius 3 is 2.54 bits per heavy atom. The molecule has 0 radical (unpaired) electrons. The highest BCUT2D eigenvalue weighted by molar-refractivity contribution is 5.96. The van der Waals surface area contributed by atoms with E-state index < -0.39 is 0 Å². The molecule has 1 saturated heterocycles. The molecular formula is C28H31N7O2. The first-order valence-corrected chi connectivity index (χ1v) is 12.9. The van der Waals surface area contributed by atoms with Gasteiger partial charge in [-0.15, -0.1) is 0 Å². The standard InChI is InChI=1S/C28H31N7O2/c1-18(14-29)13-25(36)20-3-5-21(6-4-20)26-19(2)15-30-28(33-26)32-23-16-31-35(17-23)24-9-11-34(12-10-24)27(37)22-7-8-22/h3-6,15-18,22,24H,7-13H2,1-2H3,(H,30,32,33)/t18-/m1/s1. The Balaban J connectivity index is 1.23. The number of benzene rings is 1. The molecule has 37 heavy (non-hydrogen) atoms. The minimum absolute atomic E-state index is 0.0421. The molecule has 1 amide bonds. The van der Waals surface area contributed by atoms with Gasteiger partial charge in [0.05, 0.1) is 35.6 Å². The number of likely N-dealkylation sites (tertiary alicyclic amines) is 1. The molecule has 0 unspecified atom stereocenters. The molecule has 1 atom stereocenters. The minimum Gasteiger partial charge on any atom is -0.342 e. The third-order valence-corrected chi connectivity index (χ3v) is 7.10. The maximum atomic E-state index is 12.4. The highest BCUT2D eigenvalue weighted by Crippen LogP contribution is 2.33. The predicted octanol–water partition coefficient (Wildman–Crippen LogP) is 4.70. The van der Waals surface area contributed by atoms with E-state index in [4.69, 9.17) is 10.2 Å². The smallest absolute Gasteiger partial charge is 0.227 e. The van der Waals surface area contributed by atoms with E-state index in [1.807, 2.05) is 34.8 Å². The van der Waals surface area contributed by atoms with Gasteiger partial charge in [-0.25, -0.2) is 9.97 Å². The van der Waals surface area contributed by atoms with Crippen LogP contribution in [-0.4, -0.2) is 49.4 Å². The Hall–Kier alpha value is -4.06. The third kappa shape index (κ3) is 5.69. The largest absolute Gasteiger partial charge is 0.342 e. The number of carbonyl (C=O) groups is 2. The van der Waals surface area contributed by atoms with Crippen LogP contribution in [0, 0.1) is 30.1 Å². The van der Waals surface area contributed by atoms with Gasteiger partial charge in [0.1, 0.15) is 0 Å². The molecule has 0 bridgehead atoms. The van der Waals surface area contributed by atoms with E-state index in [2.05, 4.69) is 21.5 Å². The number of Topliss-reactive ketones (excluding diaryl/α,β-unsaturated/α-hetero) is 1. The van der Waals surface area contributed by atoms with Gasteiger partial charge in [-0.05, 0) is 45.1 Å². The van der Waals surface area contributed by atoms with Crippen molar-refractivity contribution in [3.63, 3.8) is 0 Å². The third-order valence-electron chi connectivity index (χ3n) is 7.10. The molecule has 1 aliphatic carbocycles. The van der Waals surface area contributed by atoms with E-state index in [1.54, 1.807) is 31.5 Å². The number of aromatic nitrogens is 4. The molecule has 9 nitrogen and oxygen atoms in total. The lowest BCUT2D eigenvalue weighted by atomic mass is 9.99. The van der Waals surface area contributed by atoms with Crippen molar-refractivity contribution in [3.05, 3.63) is 54.0 Å². The van der Waals surface area contributed by atoms with Crippen LogP contribution in [0.15, 0.2) is 42.9 Å². The van der Waals surface area contributed by atoms with E-state index in [1.165, 1.54) is 0 Å². The molecule has 5 rings (SSSR count). The lowest BCUT2D eigenvalue weighted by molar-refractivity contribution is -0.133. The van der Waals surface area contributed by atoms with Gasteiger partial charge < -0.3 is 10.2 Å². The number of piperidine rings is 1. The van der Waals surface area contributed by atoms with Gasteiger partial charge in [-0.2, -0.15) is 10.4 Å². The Bertz CT molecular complexity index is 1330. The quantitative estimate of drug-likeness (QED) is 0.448. The summed E-state index contributed by atoms with van der Waals surface area (Å²) in [4.78, 5) is 35.8. The average molecular weight is 498 g/mol. The highest BCUT2D eigenvalue weighted by atomic mass is 16.2. The number of amides is 1. The number of aryl methyl sites for hydroxylation is 1. The first kappa shape index (κ1) is 24.6. The van der Waals surface area contributed by atoms with Gasteiger partial charge in [0.15, 0.2) is 5.78 Å². The van der Waals surface area contributed by atoms with E-state index in [9.17, 15) is 9.59 Å². The number of anilines is 2. The summed E-state index contributed by atoms with van der Waals surface area (Å²) in [5.74, 6) is 0.713. The molecule has 9 heteroatoms. The summed E-state index contributed by atoms with van der Waals surface area (Å²) >= 11 is 0. The topological polar surface area (TPSA) is 117 Å². The van der Waals surface area contributed by atoms with E-state index in [0.29, 0.717) is 17.4 Å². The van der Waals surface area contributed by atoms with E-state index in [-0.39, 0.29) is 30.1 Å². The zero-order valence-corrected chi connectivity index (χ0v) is 21.2. The molecule has 2 aliphatic rings. The number of nitriles is 1. The summed E-state index contributed by atoms with van der Waals surface area (Å²) in [6, 6.07) is 9.69.